The summed E-state index contributed by atoms with van der Waals surface area (Å²) in [5, 5.41) is 8.79. The van der Waals surface area contributed by atoms with Crippen LogP contribution in [0, 0.1) is 6.92 Å². The molecule has 0 unspecified atom stereocenters. The second kappa shape index (κ2) is 8.05. The van der Waals surface area contributed by atoms with Crippen molar-refractivity contribution in [3.8, 4) is 17.2 Å². The Labute approximate surface area is 156 Å². The summed E-state index contributed by atoms with van der Waals surface area (Å²) in [4.78, 5) is 12.6. The molecule has 0 spiro atoms. The van der Waals surface area contributed by atoms with Crippen molar-refractivity contribution in [1.82, 2.24) is 14.8 Å². The van der Waals surface area contributed by atoms with Crippen molar-refractivity contribution in [2.75, 3.05) is 20.0 Å². The zero-order valence-corrected chi connectivity index (χ0v) is 15.6. The fourth-order valence-electron chi connectivity index (χ4n) is 2.56. The molecule has 1 aromatic heterocycles. The number of para-hydroxylation sites is 1. The van der Waals surface area contributed by atoms with E-state index in [1.807, 2.05) is 35.8 Å². The van der Waals surface area contributed by atoms with E-state index in [4.69, 9.17) is 9.47 Å². The van der Waals surface area contributed by atoms with Crippen molar-refractivity contribution in [1.29, 1.82) is 0 Å². The molecule has 0 saturated heterocycles. The van der Waals surface area contributed by atoms with Crippen LogP contribution in [0.1, 0.15) is 15.9 Å². The molecule has 0 bridgehead atoms. The SMILES string of the molecule is COc1ccc(C(=O)CSc2nncn2-c2ccccc2C)c(OC)c1. The van der Waals surface area contributed by atoms with Gasteiger partial charge in [-0.05, 0) is 30.7 Å². The molecular weight excluding hydrogens is 350 g/mol. The maximum absolute atomic E-state index is 12.6. The number of benzene rings is 2. The average molecular weight is 369 g/mol. The molecule has 0 aliphatic rings. The normalized spacial score (nSPS) is 10.6. The first-order valence-electron chi connectivity index (χ1n) is 7.98. The van der Waals surface area contributed by atoms with Crippen LogP contribution in [0.15, 0.2) is 53.9 Å². The number of carbonyl (C=O) groups excluding carboxylic acids is 1. The molecule has 3 aromatic rings. The summed E-state index contributed by atoms with van der Waals surface area (Å²) in [6.07, 6.45) is 1.66. The van der Waals surface area contributed by atoms with Gasteiger partial charge in [0.15, 0.2) is 10.9 Å². The van der Waals surface area contributed by atoms with Crippen LogP contribution in [0.2, 0.25) is 0 Å². The third kappa shape index (κ3) is 3.72. The van der Waals surface area contributed by atoms with Crippen LogP contribution in [0.5, 0.6) is 11.5 Å². The molecule has 0 atom stereocenters. The Morgan fingerprint density at radius 1 is 1.15 bits per heavy atom. The molecule has 6 nitrogen and oxygen atoms in total. The summed E-state index contributed by atoms with van der Waals surface area (Å²) in [7, 11) is 3.11. The minimum absolute atomic E-state index is 0.0474. The Morgan fingerprint density at radius 3 is 2.69 bits per heavy atom. The number of hydrogen-bond acceptors (Lipinski definition) is 6. The van der Waals surface area contributed by atoms with E-state index in [0.717, 1.165) is 11.3 Å². The molecule has 134 valence electrons. The van der Waals surface area contributed by atoms with Crippen molar-refractivity contribution in [3.05, 3.63) is 59.9 Å². The molecule has 0 aliphatic heterocycles. The molecular formula is C19H19N3O3S. The van der Waals surface area contributed by atoms with Crippen LogP contribution in [0.3, 0.4) is 0 Å². The van der Waals surface area contributed by atoms with Gasteiger partial charge in [-0.2, -0.15) is 0 Å². The van der Waals surface area contributed by atoms with Crippen LogP contribution in [0.4, 0.5) is 0 Å². The number of thioether (sulfide) groups is 1. The monoisotopic (exact) mass is 369 g/mol. The Balaban J connectivity index is 1.78. The predicted octanol–water partition coefficient (Wildman–Crippen LogP) is 3.57. The van der Waals surface area contributed by atoms with Gasteiger partial charge in [-0.25, -0.2) is 0 Å². The molecule has 0 radical (unpaired) electrons. The lowest BCUT2D eigenvalue weighted by atomic mass is 10.1. The van der Waals surface area contributed by atoms with Gasteiger partial charge in [0.1, 0.15) is 17.8 Å². The Bertz CT molecular complexity index is 924. The lowest BCUT2D eigenvalue weighted by Gasteiger charge is -2.10. The molecule has 0 fully saturated rings. The number of carbonyl (C=O) groups is 1. The number of methoxy groups -OCH3 is 2. The minimum atomic E-state index is -0.0474. The first-order valence-corrected chi connectivity index (χ1v) is 8.96. The summed E-state index contributed by atoms with van der Waals surface area (Å²) in [5.74, 6) is 1.32. The molecule has 2 aromatic carbocycles. The van der Waals surface area contributed by atoms with E-state index >= 15 is 0 Å². The van der Waals surface area contributed by atoms with Crippen LogP contribution in [-0.4, -0.2) is 40.5 Å². The van der Waals surface area contributed by atoms with Gasteiger partial charge in [-0.15, -0.1) is 10.2 Å². The molecule has 1 heterocycles. The van der Waals surface area contributed by atoms with Crippen LogP contribution in [-0.2, 0) is 0 Å². The van der Waals surface area contributed by atoms with Gasteiger partial charge in [0, 0.05) is 6.07 Å². The number of nitrogens with zero attached hydrogens (tertiary/aromatic N) is 3. The Morgan fingerprint density at radius 2 is 1.96 bits per heavy atom. The molecule has 3 rings (SSSR count). The van der Waals surface area contributed by atoms with E-state index in [1.165, 1.54) is 18.9 Å². The van der Waals surface area contributed by atoms with E-state index in [2.05, 4.69) is 10.2 Å². The topological polar surface area (TPSA) is 66.2 Å². The smallest absolute Gasteiger partial charge is 0.196 e. The Kier molecular flexibility index (Phi) is 5.58. The van der Waals surface area contributed by atoms with Crippen molar-refractivity contribution in [3.63, 3.8) is 0 Å². The standard InChI is InChI=1S/C19H19N3O3S/c1-13-6-4-5-7-16(13)22-12-20-21-19(22)26-11-17(23)15-9-8-14(24-2)10-18(15)25-3/h4-10,12H,11H2,1-3H3. The third-order valence-electron chi connectivity index (χ3n) is 3.93. The first-order chi connectivity index (χ1) is 12.6. The van der Waals surface area contributed by atoms with E-state index in [0.29, 0.717) is 22.2 Å². The number of ketones is 1. The number of Topliss-reactive ketones (excluding diaryl/α,β-unsaturated/α-hetero) is 1. The minimum Gasteiger partial charge on any atom is -0.497 e. The van der Waals surface area contributed by atoms with Gasteiger partial charge >= 0.3 is 0 Å². The highest BCUT2D eigenvalue weighted by atomic mass is 32.2. The van der Waals surface area contributed by atoms with Crippen LogP contribution in [0.25, 0.3) is 5.69 Å². The van der Waals surface area contributed by atoms with Gasteiger partial charge < -0.3 is 9.47 Å². The summed E-state index contributed by atoms with van der Waals surface area (Å²) in [6, 6.07) is 13.1. The molecule has 0 amide bonds. The van der Waals surface area contributed by atoms with Crippen molar-refractivity contribution in [2.24, 2.45) is 0 Å². The summed E-state index contributed by atoms with van der Waals surface area (Å²) >= 11 is 1.34. The zero-order chi connectivity index (χ0) is 18.5. The maximum Gasteiger partial charge on any atom is 0.196 e. The summed E-state index contributed by atoms with van der Waals surface area (Å²) < 4.78 is 12.4. The van der Waals surface area contributed by atoms with E-state index < -0.39 is 0 Å². The number of hydrogen-bond donors (Lipinski definition) is 0. The lowest BCUT2D eigenvalue weighted by molar-refractivity contribution is 0.101. The highest BCUT2D eigenvalue weighted by Crippen LogP contribution is 2.27. The second-order valence-electron chi connectivity index (χ2n) is 5.55. The Hall–Kier alpha value is -2.80. The van der Waals surface area contributed by atoms with Crippen LogP contribution < -0.4 is 9.47 Å². The van der Waals surface area contributed by atoms with Crippen molar-refractivity contribution < 1.29 is 14.3 Å². The maximum atomic E-state index is 12.6. The molecule has 0 aliphatic carbocycles. The fourth-order valence-corrected chi connectivity index (χ4v) is 3.36. The van der Waals surface area contributed by atoms with E-state index in [9.17, 15) is 4.79 Å². The van der Waals surface area contributed by atoms with Crippen LogP contribution >= 0.6 is 11.8 Å². The quantitative estimate of drug-likeness (QED) is 0.469. The molecule has 0 saturated carbocycles. The van der Waals surface area contributed by atoms with Gasteiger partial charge in [0.05, 0.1) is 31.2 Å². The molecule has 26 heavy (non-hydrogen) atoms. The molecule has 0 N–H and O–H groups in total. The third-order valence-corrected chi connectivity index (χ3v) is 4.88. The number of rotatable bonds is 7. The molecule has 7 heteroatoms. The van der Waals surface area contributed by atoms with Gasteiger partial charge in [-0.1, -0.05) is 30.0 Å². The first kappa shape index (κ1) is 18.0. The van der Waals surface area contributed by atoms with E-state index in [1.54, 1.807) is 31.6 Å². The van der Waals surface area contributed by atoms with Gasteiger partial charge in [-0.3, -0.25) is 9.36 Å². The summed E-state index contributed by atoms with van der Waals surface area (Å²) in [6.45, 7) is 2.02. The second-order valence-corrected chi connectivity index (χ2v) is 6.49. The number of ether oxygens (including phenoxy) is 2. The van der Waals surface area contributed by atoms with Gasteiger partial charge in [0.2, 0.25) is 0 Å². The van der Waals surface area contributed by atoms with Crippen molar-refractivity contribution >= 4 is 17.5 Å². The van der Waals surface area contributed by atoms with Gasteiger partial charge in [0.25, 0.3) is 0 Å². The average Bonchev–Trinajstić information content (AvgIpc) is 3.14. The largest absolute Gasteiger partial charge is 0.497 e. The highest BCUT2D eigenvalue weighted by molar-refractivity contribution is 7.99. The van der Waals surface area contributed by atoms with Crippen molar-refractivity contribution in [2.45, 2.75) is 12.1 Å². The number of aromatic nitrogens is 3. The lowest BCUT2D eigenvalue weighted by Crippen LogP contribution is -2.06. The fraction of sp³-hybridized carbons (Fsp3) is 0.211. The highest BCUT2D eigenvalue weighted by Gasteiger charge is 2.16. The number of aryl methyl sites for hydroxylation is 1. The summed E-state index contributed by atoms with van der Waals surface area (Å²) in [5.41, 5.74) is 2.62. The zero-order valence-electron chi connectivity index (χ0n) is 14.8. The predicted molar refractivity (Wildman–Crippen MR) is 101 cm³/mol. The van der Waals surface area contributed by atoms with E-state index in [-0.39, 0.29) is 11.5 Å².